The summed E-state index contributed by atoms with van der Waals surface area (Å²) in [5.74, 6) is 1.72. The lowest BCUT2D eigenvalue weighted by Gasteiger charge is -2.03. The zero-order chi connectivity index (χ0) is 12.7. The number of aromatic nitrogens is 2. The van der Waals surface area contributed by atoms with Crippen molar-refractivity contribution >= 4 is 17.7 Å². The van der Waals surface area contributed by atoms with Gasteiger partial charge in [-0.05, 0) is 19.1 Å². The van der Waals surface area contributed by atoms with Gasteiger partial charge in [0.25, 0.3) is 5.91 Å². The Kier molecular flexibility index (Phi) is 6.07. The predicted molar refractivity (Wildman–Crippen MR) is 69.3 cm³/mol. The van der Waals surface area contributed by atoms with Crippen LogP contribution in [0.25, 0.3) is 0 Å². The van der Waals surface area contributed by atoms with Crippen molar-refractivity contribution in [3.05, 3.63) is 17.5 Å². The standard InChI is InChI=1S/C11H19N3O2S/c1-9-10(8-14(2)13-9)11(16)12-4-7-17-6-3-5-15/h8,15H,3-7H2,1-2H3,(H,12,16). The number of thioether (sulfide) groups is 1. The van der Waals surface area contributed by atoms with E-state index in [0.29, 0.717) is 12.1 Å². The quantitative estimate of drug-likeness (QED) is 0.701. The number of nitrogens with one attached hydrogen (secondary N) is 1. The van der Waals surface area contributed by atoms with Crippen molar-refractivity contribution in [3.8, 4) is 0 Å². The van der Waals surface area contributed by atoms with Gasteiger partial charge in [-0.15, -0.1) is 0 Å². The molecule has 0 aliphatic heterocycles. The lowest BCUT2D eigenvalue weighted by atomic mass is 10.2. The number of carbonyl (C=O) groups excluding carboxylic acids is 1. The molecule has 0 saturated heterocycles. The fourth-order valence-electron chi connectivity index (χ4n) is 1.42. The Morgan fingerprint density at radius 3 is 2.94 bits per heavy atom. The molecule has 0 spiro atoms. The van der Waals surface area contributed by atoms with Crippen LogP contribution in [-0.2, 0) is 7.05 Å². The third-order valence-corrected chi connectivity index (χ3v) is 3.31. The smallest absolute Gasteiger partial charge is 0.254 e. The molecule has 0 unspecified atom stereocenters. The highest BCUT2D eigenvalue weighted by Crippen LogP contribution is 2.04. The first-order valence-corrected chi connectivity index (χ1v) is 6.77. The first-order valence-electron chi connectivity index (χ1n) is 5.62. The van der Waals surface area contributed by atoms with Crippen molar-refractivity contribution in [2.24, 2.45) is 7.05 Å². The molecule has 96 valence electrons. The predicted octanol–water partition coefficient (Wildman–Crippen LogP) is 0.574. The van der Waals surface area contributed by atoms with Crippen LogP contribution >= 0.6 is 11.8 Å². The van der Waals surface area contributed by atoms with Crippen LogP contribution in [0, 0.1) is 6.92 Å². The average Bonchev–Trinajstić information content (AvgIpc) is 2.62. The molecule has 0 bridgehead atoms. The first-order chi connectivity index (χ1) is 8.15. The molecule has 17 heavy (non-hydrogen) atoms. The molecule has 0 atom stereocenters. The van der Waals surface area contributed by atoms with E-state index in [2.05, 4.69) is 10.4 Å². The van der Waals surface area contributed by atoms with Gasteiger partial charge >= 0.3 is 0 Å². The van der Waals surface area contributed by atoms with Gasteiger partial charge in [0.1, 0.15) is 0 Å². The maximum absolute atomic E-state index is 11.8. The number of aliphatic hydroxyl groups is 1. The van der Waals surface area contributed by atoms with E-state index in [1.54, 1.807) is 29.7 Å². The number of carbonyl (C=O) groups is 1. The molecule has 0 aliphatic carbocycles. The Hall–Kier alpha value is -1.01. The minimum Gasteiger partial charge on any atom is -0.396 e. The molecule has 1 heterocycles. The van der Waals surface area contributed by atoms with E-state index in [1.165, 1.54) is 0 Å². The Bertz CT molecular complexity index is 366. The summed E-state index contributed by atoms with van der Waals surface area (Å²) >= 11 is 1.73. The van der Waals surface area contributed by atoms with Crippen molar-refractivity contribution in [2.45, 2.75) is 13.3 Å². The van der Waals surface area contributed by atoms with E-state index in [0.717, 1.165) is 23.6 Å². The van der Waals surface area contributed by atoms with Gasteiger partial charge in [-0.25, -0.2) is 0 Å². The monoisotopic (exact) mass is 257 g/mol. The second-order valence-electron chi connectivity index (χ2n) is 3.75. The highest BCUT2D eigenvalue weighted by Gasteiger charge is 2.11. The Morgan fingerprint density at radius 1 is 1.59 bits per heavy atom. The Balaban J connectivity index is 2.23. The second-order valence-corrected chi connectivity index (χ2v) is 4.97. The number of aliphatic hydroxyl groups excluding tert-OH is 1. The van der Waals surface area contributed by atoms with E-state index >= 15 is 0 Å². The molecule has 0 radical (unpaired) electrons. The number of amides is 1. The molecular weight excluding hydrogens is 238 g/mol. The van der Waals surface area contributed by atoms with Crippen LogP contribution < -0.4 is 5.32 Å². The molecular formula is C11H19N3O2S. The van der Waals surface area contributed by atoms with Crippen LogP contribution in [-0.4, -0.2) is 45.5 Å². The average molecular weight is 257 g/mol. The van der Waals surface area contributed by atoms with Crippen molar-refractivity contribution in [2.75, 3.05) is 24.7 Å². The fraction of sp³-hybridized carbons (Fsp3) is 0.636. The van der Waals surface area contributed by atoms with Crippen LogP contribution in [0.15, 0.2) is 6.20 Å². The summed E-state index contributed by atoms with van der Waals surface area (Å²) in [7, 11) is 1.80. The third-order valence-electron chi connectivity index (χ3n) is 2.24. The largest absolute Gasteiger partial charge is 0.396 e. The number of hydrogen-bond donors (Lipinski definition) is 2. The van der Waals surface area contributed by atoms with Gasteiger partial charge in [0.2, 0.25) is 0 Å². The van der Waals surface area contributed by atoms with Crippen LogP contribution in [0.2, 0.25) is 0 Å². The molecule has 0 saturated carbocycles. The number of hydrogen-bond acceptors (Lipinski definition) is 4. The Morgan fingerprint density at radius 2 is 2.35 bits per heavy atom. The maximum atomic E-state index is 11.8. The zero-order valence-corrected chi connectivity index (χ0v) is 11.1. The molecule has 1 amide bonds. The van der Waals surface area contributed by atoms with Crippen molar-refractivity contribution in [1.29, 1.82) is 0 Å². The first kappa shape index (κ1) is 14.1. The van der Waals surface area contributed by atoms with E-state index in [1.807, 2.05) is 6.92 Å². The van der Waals surface area contributed by atoms with Gasteiger partial charge in [-0.1, -0.05) is 0 Å². The summed E-state index contributed by atoms with van der Waals surface area (Å²) < 4.78 is 1.64. The lowest BCUT2D eigenvalue weighted by Crippen LogP contribution is -2.26. The molecule has 1 rings (SSSR count). The number of nitrogens with zero attached hydrogens (tertiary/aromatic N) is 2. The second kappa shape index (κ2) is 7.34. The van der Waals surface area contributed by atoms with Crippen LogP contribution in [0.1, 0.15) is 22.5 Å². The van der Waals surface area contributed by atoms with Gasteiger partial charge in [-0.3, -0.25) is 9.48 Å². The molecule has 0 aliphatic rings. The van der Waals surface area contributed by atoms with Gasteiger partial charge in [0, 0.05) is 32.1 Å². The van der Waals surface area contributed by atoms with E-state index in [4.69, 9.17) is 5.11 Å². The van der Waals surface area contributed by atoms with Crippen molar-refractivity contribution in [3.63, 3.8) is 0 Å². The molecule has 0 aromatic carbocycles. The van der Waals surface area contributed by atoms with Crippen LogP contribution in [0.3, 0.4) is 0 Å². The van der Waals surface area contributed by atoms with Crippen LogP contribution in [0.5, 0.6) is 0 Å². The lowest BCUT2D eigenvalue weighted by molar-refractivity contribution is 0.0955. The highest BCUT2D eigenvalue weighted by atomic mass is 32.2. The molecule has 1 aromatic rings. The minimum atomic E-state index is -0.0710. The van der Waals surface area contributed by atoms with Gasteiger partial charge < -0.3 is 10.4 Å². The summed E-state index contributed by atoms with van der Waals surface area (Å²) in [6, 6.07) is 0. The molecule has 6 heteroatoms. The third kappa shape index (κ3) is 4.79. The summed E-state index contributed by atoms with van der Waals surface area (Å²) in [6.45, 7) is 2.70. The van der Waals surface area contributed by atoms with Gasteiger partial charge in [0.15, 0.2) is 0 Å². The fourth-order valence-corrected chi connectivity index (χ4v) is 2.21. The molecule has 1 aromatic heterocycles. The summed E-state index contributed by atoms with van der Waals surface area (Å²) in [5.41, 5.74) is 1.38. The van der Waals surface area contributed by atoms with Crippen molar-refractivity contribution < 1.29 is 9.90 Å². The zero-order valence-electron chi connectivity index (χ0n) is 10.3. The maximum Gasteiger partial charge on any atom is 0.254 e. The van der Waals surface area contributed by atoms with Gasteiger partial charge in [0.05, 0.1) is 11.3 Å². The molecule has 2 N–H and O–H groups in total. The SMILES string of the molecule is Cc1nn(C)cc1C(=O)NCCSCCCO. The number of aryl methyl sites for hydroxylation is 2. The molecule has 5 nitrogen and oxygen atoms in total. The van der Waals surface area contributed by atoms with Gasteiger partial charge in [-0.2, -0.15) is 16.9 Å². The topological polar surface area (TPSA) is 67.2 Å². The van der Waals surface area contributed by atoms with Crippen molar-refractivity contribution in [1.82, 2.24) is 15.1 Å². The Labute approximate surface area is 106 Å². The highest BCUT2D eigenvalue weighted by molar-refractivity contribution is 7.99. The molecule has 0 fully saturated rings. The summed E-state index contributed by atoms with van der Waals surface area (Å²) in [4.78, 5) is 11.8. The minimum absolute atomic E-state index is 0.0710. The summed E-state index contributed by atoms with van der Waals surface area (Å²) in [6.07, 6.45) is 2.53. The van der Waals surface area contributed by atoms with E-state index < -0.39 is 0 Å². The van der Waals surface area contributed by atoms with Crippen LogP contribution in [0.4, 0.5) is 0 Å². The number of rotatable bonds is 7. The van der Waals surface area contributed by atoms with E-state index in [-0.39, 0.29) is 12.5 Å². The van der Waals surface area contributed by atoms with E-state index in [9.17, 15) is 4.79 Å². The summed E-state index contributed by atoms with van der Waals surface area (Å²) in [5, 5.41) is 15.6. The normalized spacial score (nSPS) is 10.5.